The molecule has 23 heavy (non-hydrogen) atoms. The Balaban J connectivity index is 1.98. The highest BCUT2D eigenvalue weighted by Crippen LogP contribution is 2.26. The van der Waals surface area contributed by atoms with Crippen LogP contribution in [-0.2, 0) is 6.54 Å². The molecule has 1 aliphatic rings. The lowest BCUT2D eigenvalue weighted by molar-refractivity contribution is 0.0245. The van der Waals surface area contributed by atoms with Crippen LogP contribution in [0.1, 0.15) is 68.8 Å². The molecule has 0 aromatic carbocycles. The van der Waals surface area contributed by atoms with Gasteiger partial charge in [0.15, 0.2) is 0 Å². The van der Waals surface area contributed by atoms with Crippen LogP contribution in [0.3, 0.4) is 0 Å². The molecular weight excluding hydrogens is 294 g/mol. The molecule has 1 heterocycles. The summed E-state index contributed by atoms with van der Waals surface area (Å²) in [6.07, 6.45) is 7.50. The summed E-state index contributed by atoms with van der Waals surface area (Å²) in [6.45, 7) is 2.79. The summed E-state index contributed by atoms with van der Waals surface area (Å²) < 4.78 is 1.33. The molecule has 128 valence electrons. The predicted octanol–water partition coefficient (Wildman–Crippen LogP) is 1.86. The minimum atomic E-state index is -0.817. The highest BCUT2D eigenvalue weighted by Gasteiger charge is 2.28. The fourth-order valence-corrected chi connectivity index (χ4v) is 2.94. The molecule has 2 rings (SSSR count). The van der Waals surface area contributed by atoms with Crippen molar-refractivity contribution in [1.82, 2.24) is 15.1 Å². The molecule has 0 saturated heterocycles. The summed E-state index contributed by atoms with van der Waals surface area (Å²) in [4.78, 5) is 24.0. The first-order chi connectivity index (χ1) is 11.0. The van der Waals surface area contributed by atoms with Gasteiger partial charge in [0.25, 0.3) is 11.5 Å². The molecule has 1 aliphatic carbocycles. The summed E-state index contributed by atoms with van der Waals surface area (Å²) >= 11 is 0. The van der Waals surface area contributed by atoms with Crippen molar-refractivity contribution >= 4 is 5.91 Å². The summed E-state index contributed by atoms with van der Waals surface area (Å²) in [5.41, 5.74) is -0.793. The number of hydrogen-bond acceptors (Lipinski definition) is 4. The van der Waals surface area contributed by atoms with E-state index in [1.165, 1.54) is 16.8 Å². The second kappa shape index (κ2) is 8.24. The Kier molecular flexibility index (Phi) is 6.33. The molecule has 1 saturated carbocycles. The molecule has 0 radical (unpaired) electrons. The molecule has 0 spiro atoms. The Morgan fingerprint density at radius 1 is 1.30 bits per heavy atom. The number of aryl methyl sites for hydroxylation is 1. The molecule has 1 fully saturated rings. The van der Waals surface area contributed by atoms with Crippen LogP contribution < -0.4 is 10.9 Å². The Morgan fingerprint density at radius 2 is 2.00 bits per heavy atom. The fraction of sp³-hybridized carbons (Fsp3) is 0.706. The van der Waals surface area contributed by atoms with Crippen molar-refractivity contribution in [2.75, 3.05) is 6.54 Å². The van der Waals surface area contributed by atoms with Gasteiger partial charge in [-0.25, -0.2) is 4.68 Å². The monoisotopic (exact) mass is 321 g/mol. The van der Waals surface area contributed by atoms with Crippen molar-refractivity contribution in [3.63, 3.8) is 0 Å². The number of nitrogens with one attached hydrogen (secondary N) is 1. The van der Waals surface area contributed by atoms with Crippen molar-refractivity contribution in [3.05, 3.63) is 28.2 Å². The number of rotatable bonds is 6. The van der Waals surface area contributed by atoms with Crippen molar-refractivity contribution in [2.45, 2.75) is 70.4 Å². The Labute approximate surface area is 136 Å². The first-order valence-corrected chi connectivity index (χ1v) is 8.63. The van der Waals surface area contributed by atoms with Gasteiger partial charge in [0.1, 0.15) is 5.69 Å². The molecule has 0 unspecified atom stereocenters. The van der Waals surface area contributed by atoms with E-state index in [2.05, 4.69) is 10.4 Å². The van der Waals surface area contributed by atoms with Crippen LogP contribution in [0.25, 0.3) is 0 Å². The van der Waals surface area contributed by atoms with Crippen LogP contribution in [-0.4, -0.2) is 32.9 Å². The number of unbranched alkanes of at least 4 members (excludes halogenated alkanes) is 1. The Bertz CT molecular complexity index is 575. The topological polar surface area (TPSA) is 84.2 Å². The highest BCUT2D eigenvalue weighted by atomic mass is 16.3. The number of carbonyl (C=O) groups excluding carboxylic acids is 1. The lowest BCUT2D eigenvalue weighted by Crippen LogP contribution is -2.43. The van der Waals surface area contributed by atoms with E-state index >= 15 is 0 Å². The van der Waals surface area contributed by atoms with E-state index in [0.29, 0.717) is 6.54 Å². The third-order valence-electron chi connectivity index (χ3n) is 4.44. The largest absolute Gasteiger partial charge is 0.388 e. The molecule has 0 atom stereocenters. The Morgan fingerprint density at radius 3 is 2.65 bits per heavy atom. The summed E-state index contributed by atoms with van der Waals surface area (Å²) in [7, 11) is 0. The van der Waals surface area contributed by atoms with Gasteiger partial charge in [-0.1, -0.05) is 39.0 Å². The minimum Gasteiger partial charge on any atom is -0.388 e. The Hall–Kier alpha value is -1.69. The number of nitrogens with zero attached hydrogens (tertiary/aromatic N) is 2. The van der Waals surface area contributed by atoms with Gasteiger partial charge in [0.2, 0.25) is 0 Å². The lowest BCUT2D eigenvalue weighted by atomic mass is 9.94. The van der Waals surface area contributed by atoms with Gasteiger partial charge in [-0.3, -0.25) is 9.59 Å². The first-order valence-electron chi connectivity index (χ1n) is 8.63. The van der Waals surface area contributed by atoms with Crippen LogP contribution in [0.2, 0.25) is 0 Å². The van der Waals surface area contributed by atoms with E-state index in [0.717, 1.165) is 51.4 Å². The van der Waals surface area contributed by atoms with Gasteiger partial charge in [0, 0.05) is 19.2 Å². The SMILES string of the molecule is CCCCn1nc(C(=O)NCC2(O)CCCCCC2)ccc1=O. The van der Waals surface area contributed by atoms with E-state index < -0.39 is 5.60 Å². The van der Waals surface area contributed by atoms with E-state index in [1.54, 1.807) is 0 Å². The smallest absolute Gasteiger partial charge is 0.271 e. The van der Waals surface area contributed by atoms with Crippen molar-refractivity contribution in [2.24, 2.45) is 0 Å². The van der Waals surface area contributed by atoms with Crippen LogP contribution in [0.4, 0.5) is 0 Å². The molecular formula is C17H27N3O3. The zero-order chi connectivity index (χ0) is 16.7. The maximum Gasteiger partial charge on any atom is 0.271 e. The first kappa shape index (κ1) is 17.7. The van der Waals surface area contributed by atoms with E-state index in [9.17, 15) is 14.7 Å². The summed E-state index contributed by atoms with van der Waals surface area (Å²) in [5.74, 6) is -0.340. The molecule has 1 aromatic rings. The third kappa shape index (κ3) is 5.16. The number of carbonyl (C=O) groups is 1. The summed E-state index contributed by atoms with van der Waals surface area (Å²) in [5, 5.41) is 17.5. The molecule has 0 bridgehead atoms. The zero-order valence-electron chi connectivity index (χ0n) is 13.9. The van der Waals surface area contributed by atoms with Gasteiger partial charge in [0.05, 0.1) is 5.60 Å². The van der Waals surface area contributed by atoms with Gasteiger partial charge < -0.3 is 10.4 Å². The van der Waals surface area contributed by atoms with Crippen LogP contribution in [0.5, 0.6) is 0 Å². The van der Waals surface area contributed by atoms with Crippen molar-refractivity contribution in [1.29, 1.82) is 0 Å². The second-order valence-corrected chi connectivity index (χ2v) is 6.45. The summed E-state index contributed by atoms with van der Waals surface area (Å²) in [6, 6.07) is 2.81. The number of hydrogen-bond donors (Lipinski definition) is 2. The normalized spacial score (nSPS) is 17.5. The molecule has 6 nitrogen and oxygen atoms in total. The molecule has 1 aromatic heterocycles. The standard InChI is InChI=1S/C17H27N3O3/c1-2-3-12-20-15(21)9-8-14(19-20)16(22)18-13-17(23)10-6-4-5-7-11-17/h8-9,23H,2-7,10-13H2,1H3,(H,18,22). The van der Waals surface area contributed by atoms with Crippen LogP contribution in [0.15, 0.2) is 16.9 Å². The number of aliphatic hydroxyl groups is 1. The number of aromatic nitrogens is 2. The van der Waals surface area contributed by atoms with Crippen molar-refractivity contribution in [3.8, 4) is 0 Å². The van der Waals surface area contributed by atoms with Gasteiger partial charge in [-0.05, 0) is 25.3 Å². The predicted molar refractivity (Wildman–Crippen MR) is 88.4 cm³/mol. The number of amides is 1. The average molecular weight is 321 g/mol. The van der Waals surface area contributed by atoms with Gasteiger partial charge in [-0.15, -0.1) is 0 Å². The zero-order valence-corrected chi connectivity index (χ0v) is 13.9. The molecule has 0 aliphatic heterocycles. The van der Waals surface area contributed by atoms with Gasteiger partial charge >= 0.3 is 0 Å². The third-order valence-corrected chi connectivity index (χ3v) is 4.44. The van der Waals surface area contributed by atoms with E-state index in [4.69, 9.17) is 0 Å². The highest BCUT2D eigenvalue weighted by molar-refractivity contribution is 5.92. The van der Waals surface area contributed by atoms with Crippen LogP contribution in [0, 0.1) is 0 Å². The molecule has 6 heteroatoms. The maximum atomic E-state index is 12.3. The molecule has 2 N–H and O–H groups in total. The van der Waals surface area contributed by atoms with Crippen LogP contribution >= 0.6 is 0 Å². The maximum absolute atomic E-state index is 12.3. The van der Waals surface area contributed by atoms with E-state index in [-0.39, 0.29) is 23.7 Å². The van der Waals surface area contributed by atoms with Gasteiger partial charge in [-0.2, -0.15) is 5.10 Å². The quantitative estimate of drug-likeness (QED) is 0.783. The minimum absolute atomic E-state index is 0.197. The van der Waals surface area contributed by atoms with E-state index in [1.807, 2.05) is 6.92 Å². The lowest BCUT2D eigenvalue weighted by Gasteiger charge is -2.26. The average Bonchev–Trinajstić information content (AvgIpc) is 2.77. The van der Waals surface area contributed by atoms with Crippen molar-refractivity contribution < 1.29 is 9.90 Å². The molecule has 1 amide bonds. The fourth-order valence-electron chi connectivity index (χ4n) is 2.94. The second-order valence-electron chi connectivity index (χ2n) is 6.45.